The molecule has 0 spiro atoms. The van der Waals surface area contributed by atoms with E-state index < -0.39 is 10.4 Å². The van der Waals surface area contributed by atoms with Crippen molar-refractivity contribution in [3.63, 3.8) is 0 Å². The molecule has 0 aliphatic heterocycles. The largest absolute Gasteiger partial charge is 0.382 e. The summed E-state index contributed by atoms with van der Waals surface area (Å²) in [6, 6.07) is 0. The summed E-state index contributed by atoms with van der Waals surface area (Å²) in [7, 11) is 1.49. The summed E-state index contributed by atoms with van der Waals surface area (Å²) in [6.45, 7) is 0.892. The van der Waals surface area contributed by atoms with Crippen LogP contribution in [0.3, 0.4) is 0 Å². The quantitative estimate of drug-likeness (QED) is 0.691. The average molecular weight is 218 g/mol. The molecule has 0 heterocycles. The average Bonchev–Trinajstić information content (AvgIpc) is 1.61. The molecule has 0 aromatic rings. The van der Waals surface area contributed by atoms with Gasteiger partial charge in [-0.1, -0.05) is 0 Å². The first-order valence-electron chi connectivity index (χ1n) is 2.75. The van der Waals surface area contributed by atoms with Gasteiger partial charge in [-0.15, -0.1) is 0 Å². The summed E-state index contributed by atoms with van der Waals surface area (Å²) in [5.74, 6) is 0. The molecule has 0 fully saturated rings. The van der Waals surface area contributed by atoms with Crippen LogP contribution in [0.5, 0.6) is 0 Å². The Kier molecular flexibility index (Phi) is 3.19. The van der Waals surface area contributed by atoms with Crippen molar-refractivity contribution in [2.75, 3.05) is 13.6 Å². The zero-order valence-corrected chi connectivity index (χ0v) is 7.37. The topological polar surface area (TPSA) is 32.3 Å². The van der Waals surface area contributed by atoms with E-state index >= 15 is 0 Å². The fraction of sp³-hybridized carbons (Fsp3) is 1.00. The first-order valence-corrected chi connectivity index (χ1v) is 3.54. The molecular weight excluding hydrogens is 208 g/mol. The van der Waals surface area contributed by atoms with E-state index in [-0.39, 0.29) is 6.54 Å². The second-order valence-electron chi connectivity index (χ2n) is 2.30. The molecule has 0 bridgehead atoms. The number of alkyl halides is 3. The minimum absolute atomic E-state index is 0.161. The summed E-state index contributed by atoms with van der Waals surface area (Å²) in [5.41, 5.74) is -2.04. The third-order valence-corrected chi connectivity index (χ3v) is 1.99. The number of hydrogen-bond acceptors (Lipinski definition) is 2. The number of rotatable bonds is 3. The summed E-state index contributed by atoms with van der Waals surface area (Å²) >= 11 is 2.08. The molecule has 0 radical (unpaired) electrons. The number of nitrogens with one attached hydrogen (secondary N) is 1. The third-order valence-electron chi connectivity index (χ3n) is 1.13. The first-order chi connectivity index (χ1) is 4.31. The zero-order chi connectivity index (χ0) is 8.41. The van der Waals surface area contributed by atoms with E-state index in [4.69, 9.17) is 5.11 Å². The maximum Gasteiger partial charge on any atom is 0.330 e. The molecule has 10 heavy (non-hydrogen) atoms. The minimum atomic E-state index is -3.25. The van der Waals surface area contributed by atoms with Crippen LogP contribution in [0.2, 0.25) is 0 Å². The number of likely N-dealkylation sites (N-methyl/N-ethyl adjacent to an activating group) is 1. The zero-order valence-electron chi connectivity index (χ0n) is 5.79. The maximum absolute atomic E-state index is 12.3. The normalized spacial score (nSPS) is 18.6. The Morgan fingerprint density at radius 1 is 1.60 bits per heavy atom. The van der Waals surface area contributed by atoms with E-state index in [2.05, 4.69) is 21.2 Å². The smallest absolute Gasteiger partial charge is 0.330 e. The highest BCUT2D eigenvalue weighted by molar-refractivity contribution is 9.10. The highest BCUT2D eigenvalue weighted by atomic mass is 79.9. The Morgan fingerprint density at radius 2 is 2.00 bits per heavy atom. The van der Waals surface area contributed by atoms with E-state index in [0.29, 0.717) is 0 Å². The van der Waals surface area contributed by atoms with Crippen molar-refractivity contribution in [3.8, 4) is 0 Å². The fourth-order valence-corrected chi connectivity index (χ4v) is 0.585. The molecule has 0 aliphatic rings. The number of aliphatic hydroxyl groups is 1. The molecule has 0 amide bonds. The Hall–Kier alpha value is 0.260. The minimum Gasteiger partial charge on any atom is -0.382 e. The molecule has 1 unspecified atom stereocenters. The van der Waals surface area contributed by atoms with Gasteiger partial charge in [0.15, 0.2) is 0 Å². The Bertz CT molecular complexity index is 113. The molecule has 2 N–H and O–H groups in total. The third kappa shape index (κ3) is 2.48. The molecule has 0 saturated heterocycles. The van der Waals surface area contributed by atoms with Gasteiger partial charge in [0, 0.05) is 6.54 Å². The molecule has 5 heteroatoms. The van der Waals surface area contributed by atoms with Crippen LogP contribution in [0.25, 0.3) is 0 Å². The van der Waals surface area contributed by atoms with E-state index in [9.17, 15) is 8.78 Å². The lowest BCUT2D eigenvalue weighted by Gasteiger charge is -2.27. The maximum atomic E-state index is 12.3. The number of halogens is 3. The predicted octanol–water partition coefficient (Wildman–Crippen LogP) is 0.945. The van der Waals surface area contributed by atoms with Gasteiger partial charge in [-0.2, -0.15) is 8.78 Å². The number of hydrogen-bond donors (Lipinski definition) is 2. The standard InChI is InChI=1S/C5H10BrF2NO/c1-4(10,3-9-2)5(6,7)8/h9-10H,3H2,1-2H3. The van der Waals surface area contributed by atoms with E-state index in [0.717, 1.165) is 6.92 Å². The highest BCUT2D eigenvalue weighted by Gasteiger charge is 2.45. The van der Waals surface area contributed by atoms with Crippen molar-refractivity contribution in [1.82, 2.24) is 5.32 Å². The van der Waals surface area contributed by atoms with Gasteiger partial charge < -0.3 is 10.4 Å². The van der Waals surface area contributed by atoms with Crippen LogP contribution in [0.4, 0.5) is 8.78 Å². The van der Waals surface area contributed by atoms with Gasteiger partial charge in [-0.05, 0) is 29.9 Å². The molecule has 62 valence electrons. The van der Waals surface area contributed by atoms with Gasteiger partial charge in [-0.25, -0.2) is 0 Å². The molecular formula is C5H10BrF2NO. The van der Waals surface area contributed by atoms with Crippen LogP contribution < -0.4 is 5.32 Å². The van der Waals surface area contributed by atoms with E-state index in [1.165, 1.54) is 7.05 Å². The second-order valence-corrected chi connectivity index (χ2v) is 3.30. The molecule has 1 atom stereocenters. The van der Waals surface area contributed by atoms with Gasteiger partial charge in [0.05, 0.1) is 0 Å². The van der Waals surface area contributed by atoms with Crippen LogP contribution in [0.1, 0.15) is 6.92 Å². The van der Waals surface area contributed by atoms with Crippen LogP contribution >= 0.6 is 15.9 Å². The SMILES string of the molecule is CNCC(C)(O)C(F)(F)Br. The van der Waals surface area contributed by atoms with Crippen molar-refractivity contribution in [2.45, 2.75) is 17.4 Å². The van der Waals surface area contributed by atoms with Crippen molar-refractivity contribution < 1.29 is 13.9 Å². The van der Waals surface area contributed by atoms with Gasteiger partial charge in [0.1, 0.15) is 5.60 Å². The second kappa shape index (κ2) is 3.11. The lowest BCUT2D eigenvalue weighted by molar-refractivity contribution is -0.0998. The summed E-state index contributed by atoms with van der Waals surface area (Å²) in [4.78, 5) is -3.25. The summed E-state index contributed by atoms with van der Waals surface area (Å²) < 4.78 is 24.6. The predicted molar refractivity (Wildman–Crippen MR) is 38.4 cm³/mol. The molecule has 0 aromatic carbocycles. The first kappa shape index (κ1) is 10.3. The van der Waals surface area contributed by atoms with Gasteiger partial charge in [0.2, 0.25) is 0 Å². The van der Waals surface area contributed by atoms with Crippen LogP contribution in [-0.2, 0) is 0 Å². The van der Waals surface area contributed by atoms with Crippen molar-refractivity contribution in [1.29, 1.82) is 0 Å². The Morgan fingerprint density at radius 3 is 2.10 bits per heavy atom. The Balaban J connectivity index is 4.10. The van der Waals surface area contributed by atoms with Gasteiger partial charge in [0.25, 0.3) is 0 Å². The van der Waals surface area contributed by atoms with E-state index in [1.54, 1.807) is 0 Å². The van der Waals surface area contributed by atoms with Crippen LogP contribution in [0, 0.1) is 0 Å². The fourth-order valence-electron chi connectivity index (χ4n) is 0.444. The van der Waals surface area contributed by atoms with E-state index in [1.807, 2.05) is 0 Å². The highest BCUT2D eigenvalue weighted by Crippen LogP contribution is 2.33. The van der Waals surface area contributed by atoms with Crippen molar-refractivity contribution >= 4 is 15.9 Å². The lowest BCUT2D eigenvalue weighted by Crippen LogP contribution is -2.48. The van der Waals surface area contributed by atoms with Crippen molar-refractivity contribution in [3.05, 3.63) is 0 Å². The molecule has 0 rings (SSSR count). The van der Waals surface area contributed by atoms with Gasteiger partial charge >= 0.3 is 4.83 Å². The lowest BCUT2D eigenvalue weighted by atomic mass is 10.1. The van der Waals surface area contributed by atoms with Crippen molar-refractivity contribution in [2.24, 2.45) is 0 Å². The van der Waals surface area contributed by atoms with Crippen LogP contribution in [-0.4, -0.2) is 29.1 Å². The monoisotopic (exact) mass is 217 g/mol. The molecule has 0 aliphatic carbocycles. The van der Waals surface area contributed by atoms with Crippen LogP contribution in [0.15, 0.2) is 0 Å². The summed E-state index contributed by atoms with van der Waals surface area (Å²) in [6.07, 6.45) is 0. The molecule has 0 saturated carbocycles. The molecule has 2 nitrogen and oxygen atoms in total. The molecule has 0 aromatic heterocycles. The Labute approximate surface area is 66.7 Å². The van der Waals surface area contributed by atoms with Gasteiger partial charge in [-0.3, -0.25) is 0 Å². The summed E-state index contributed by atoms with van der Waals surface area (Å²) in [5, 5.41) is 11.4.